The van der Waals surface area contributed by atoms with E-state index in [4.69, 9.17) is 0 Å². The van der Waals surface area contributed by atoms with Crippen molar-refractivity contribution in [2.24, 2.45) is 0 Å². The van der Waals surface area contributed by atoms with Crippen LogP contribution in [0.3, 0.4) is 0 Å². The van der Waals surface area contributed by atoms with E-state index in [1.54, 1.807) is 13.8 Å². The van der Waals surface area contributed by atoms with Gasteiger partial charge in [-0.15, -0.1) is 0 Å². The van der Waals surface area contributed by atoms with Crippen LogP contribution >= 0.6 is 0 Å². The lowest BCUT2D eigenvalue weighted by atomic mass is 10.3. The molecule has 2 N–H and O–H groups in total. The van der Waals surface area contributed by atoms with Gasteiger partial charge in [0.2, 0.25) is 15.9 Å². The van der Waals surface area contributed by atoms with Gasteiger partial charge in [0.25, 0.3) is 5.56 Å². The summed E-state index contributed by atoms with van der Waals surface area (Å²) in [5, 5.41) is 5.45. The van der Waals surface area contributed by atoms with Crippen molar-refractivity contribution < 1.29 is 26.4 Å². The summed E-state index contributed by atoms with van der Waals surface area (Å²) < 4.78 is 65.1. The van der Waals surface area contributed by atoms with Gasteiger partial charge in [0.05, 0.1) is 10.5 Å². The Morgan fingerprint density at radius 1 is 1.12 bits per heavy atom. The quantitative estimate of drug-likeness (QED) is 0.466. The molecule has 2 aromatic heterocycles. The fourth-order valence-electron chi connectivity index (χ4n) is 2.91. The highest BCUT2D eigenvalue weighted by molar-refractivity contribution is 7.89. The highest BCUT2D eigenvalue weighted by Crippen LogP contribution is 2.28. The molecule has 0 fully saturated rings. The molecule has 0 saturated carbocycles. The van der Waals surface area contributed by atoms with E-state index >= 15 is 0 Å². The average molecular weight is 490 g/mol. The minimum Gasteiger partial charge on any atom is -0.370 e. The molecule has 13 heteroatoms. The molecule has 9 nitrogen and oxygen atoms in total. The second-order valence-corrected chi connectivity index (χ2v) is 8.92. The van der Waals surface area contributed by atoms with E-state index in [1.165, 1.54) is 16.4 Å². The number of amides is 1. The zero-order valence-corrected chi connectivity index (χ0v) is 19.0. The minimum atomic E-state index is -4.45. The maximum Gasteiger partial charge on any atom is 0.417 e. The van der Waals surface area contributed by atoms with Gasteiger partial charge < -0.3 is 15.2 Å². The second kappa shape index (κ2) is 11.3. The summed E-state index contributed by atoms with van der Waals surface area (Å²) in [6.45, 7) is 4.17. The van der Waals surface area contributed by atoms with Gasteiger partial charge in [-0.2, -0.15) is 17.5 Å². The van der Waals surface area contributed by atoms with E-state index in [0.29, 0.717) is 13.0 Å². The molecule has 2 heterocycles. The summed E-state index contributed by atoms with van der Waals surface area (Å²) in [5.41, 5.74) is -1.36. The lowest BCUT2D eigenvalue weighted by molar-refractivity contribution is -0.137. The van der Waals surface area contributed by atoms with E-state index in [2.05, 4.69) is 15.6 Å². The van der Waals surface area contributed by atoms with Gasteiger partial charge >= 0.3 is 6.18 Å². The van der Waals surface area contributed by atoms with Gasteiger partial charge in [0.1, 0.15) is 12.4 Å². The maximum absolute atomic E-state index is 12.6. The summed E-state index contributed by atoms with van der Waals surface area (Å²) in [6.07, 6.45) is -2.13. The van der Waals surface area contributed by atoms with Crippen LogP contribution < -0.4 is 16.2 Å². The number of hydrogen-bond donors (Lipinski definition) is 2. The summed E-state index contributed by atoms with van der Waals surface area (Å²) in [7, 11) is -3.77. The molecule has 0 aliphatic rings. The summed E-state index contributed by atoms with van der Waals surface area (Å²) in [5.74, 6) is -0.214. The van der Waals surface area contributed by atoms with Crippen LogP contribution in [0.1, 0.15) is 25.8 Å². The average Bonchev–Trinajstić information content (AvgIpc) is 2.75. The number of carbonyl (C=O) groups excluding carboxylic acids is 1. The Morgan fingerprint density at radius 3 is 2.39 bits per heavy atom. The first kappa shape index (κ1) is 26.3. The summed E-state index contributed by atoms with van der Waals surface area (Å²) in [4.78, 5) is 27.8. The fourth-order valence-corrected chi connectivity index (χ4v) is 4.39. The Bertz CT molecular complexity index is 1100. The predicted octanol–water partition coefficient (Wildman–Crippen LogP) is 1.91. The van der Waals surface area contributed by atoms with E-state index in [0.717, 1.165) is 29.1 Å². The van der Waals surface area contributed by atoms with Crippen molar-refractivity contribution in [2.75, 3.05) is 31.5 Å². The van der Waals surface area contributed by atoms with E-state index < -0.39 is 33.2 Å². The van der Waals surface area contributed by atoms with Crippen LogP contribution in [0.15, 0.2) is 46.3 Å². The third-order valence-corrected chi connectivity index (χ3v) is 6.72. The standard InChI is InChI=1S/C20H26F3N5O4S/c1-3-28(4-2)33(31,32)16-7-9-19(30)27(13-16)14-18(29)25-11-5-10-24-17-8-6-15(12-26-17)20(21,22)23/h6-9,12-13H,3-5,10-11,14H2,1-2H3,(H,24,26)(H,25,29). The topological polar surface area (TPSA) is 113 Å². The molecule has 1 amide bonds. The molecule has 0 atom stereocenters. The van der Waals surface area contributed by atoms with Crippen molar-refractivity contribution in [1.82, 2.24) is 19.2 Å². The van der Waals surface area contributed by atoms with E-state index in [9.17, 15) is 31.2 Å². The van der Waals surface area contributed by atoms with Gasteiger partial charge in [-0.05, 0) is 24.6 Å². The Labute approximate surface area is 189 Å². The molecule has 2 rings (SSSR count). The molecule has 0 bridgehead atoms. The molecule has 0 saturated heterocycles. The number of alkyl halides is 3. The van der Waals surface area contributed by atoms with Gasteiger partial charge in [-0.3, -0.25) is 9.59 Å². The SMILES string of the molecule is CCN(CC)S(=O)(=O)c1ccc(=O)n(CC(=O)NCCCNc2ccc(C(F)(F)F)cn2)c1. The lowest BCUT2D eigenvalue weighted by Crippen LogP contribution is -2.35. The number of rotatable bonds is 11. The predicted molar refractivity (Wildman–Crippen MR) is 116 cm³/mol. The van der Waals surface area contributed by atoms with Gasteiger partial charge in [-0.1, -0.05) is 13.8 Å². The second-order valence-electron chi connectivity index (χ2n) is 6.98. The van der Waals surface area contributed by atoms with E-state index in [-0.39, 0.29) is 36.9 Å². The normalized spacial score (nSPS) is 12.1. The van der Waals surface area contributed by atoms with E-state index in [1.807, 2.05) is 0 Å². The molecule has 0 aliphatic carbocycles. The Balaban J connectivity index is 1.86. The van der Waals surface area contributed by atoms with Crippen LogP contribution in [0, 0.1) is 0 Å². The molecule has 33 heavy (non-hydrogen) atoms. The minimum absolute atomic E-state index is 0.0770. The number of anilines is 1. The van der Waals surface area contributed by atoms with Crippen LogP contribution in [-0.4, -0.2) is 54.4 Å². The fraction of sp³-hybridized carbons (Fsp3) is 0.450. The molecule has 0 radical (unpaired) electrons. The molecular weight excluding hydrogens is 463 g/mol. The Hall–Kier alpha value is -2.93. The molecule has 0 spiro atoms. The van der Waals surface area contributed by atoms with Crippen LogP contribution in [-0.2, 0) is 27.5 Å². The number of hydrogen-bond acceptors (Lipinski definition) is 6. The van der Waals surface area contributed by atoms with Crippen molar-refractivity contribution >= 4 is 21.7 Å². The number of sulfonamides is 1. The molecule has 0 aromatic carbocycles. The number of nitrogens with zero attached hydrogens (tertiary/aromatic N) is 3. The van der Waals surface area contributed by atoms with Gasteiger partial charge in [0, 0.05) is 44.6 Å². The smallest absolute Gasteiger partial charge is 0.370 e. The molecule has 182 valence electrons. The van der Waals surface area contributed by atoms with Crippen molar-refractivity contribution in [2.45, 2.75) is 37.9 Å². The first-order valence-electron chi connectivity index (χ1n) is 10.2. The number of pyridine rings is 2. The number of nitrogens with one attached hydrogen (secondary N) is 2. The highest BCUT2D eigenvalue weighted by Gasteiger charge is 2.30. The van der Waals surface area contributed by atoms with Crippen molar-refractivity contribution in [3.63, 3.8) is 0 Å². The highest BCUT2D eigenvalue weighted by atomic mass is 32.2. The number of halogens is 3. The van der Waals surface area contributed by atoms with Gasteiger partial charge in [0.15, 0.2) is 0 Å². The van der Waals surface area contributed by atoms with Crippen LogP contribution in [0.2, 0.25) is 0 Å². The van der Waals surface area contributed by atoms with Crippen molar-refractivity contribution in [1.29, 1.82) is 0 Å². The van der Waals surface area contributed by atoms with Crippen LogP contribution in [0.4, 0.5) is 19.0 Å². The lowest BCUT2D eigenvalue weighted by Gasteiger charge is -2.19. The van der Waals surface area contributed by atoms with Crippen LogP contribution in [0.25, 0.3) is 0 Å². The zero-order valence-electron chi connectivity index (χ0n) is 18.2. The molecular formula is C20H26F3N5O4S. The third kappa shape index (κ3) is 7.29. The Kier molecular flexibility index (Phi) is 8.99. The molecule has 0 unspecified atom stereocenters. The van der Waals surface area contributed by atoms with Crippen LogP contribution in [0.5, 0.6) is 0 Å². The molecule has 0 aliphatic heterocycles. The first-order chi connectivity index (χ1) is 15.5. The third-order valence-electron chi connectivity index (χ3n) is 4.69. The Morgan fingerprint density at radius 2 is 1.82 bits per heavy atom. The van der Waals surface area contributed by atoms with Crippen molar-refractivity contribution in [3.8, 4) is 0 Å². The number of carbonyl (C=O) groups is 1. The number of aromatic nitrogens is 2. The maximum atomic E-state index is 12.6. The van der Waals surface area contributed by atoms with Gasteiger partial charge in [-0.25, -0.2) is 13.4 Å². The zero-order chi connectivity index (χ0) is 24.6. The summed E-state index contributed by atoms with van der Waals surface area (Å²) in [6, 6.07) is 4.45. The summed E-state index contributed by atoms with van der Waals surface area (Å²) >= 11 is 0. The molecule has 2 aromatic rings. The monoisotopic (exact) mass is 489 g/mol. The first-order valence-corrected chi connectivity index (χ1v) is 11.7. The largest absolute Gasteiger partial charge is 0.417 e. The van der Waals surface area contributed by atoms with Crippen molar-refractivity contribution in [3.05, 3.63) is 52.6 Å².